The predicted octanol–water partition coefficient (Wildman–Crippen LogP) is 2.52. The van der Waals surface area contributed by atoms with Crippen LogP contribution in [0.25, 0.3) is 0 Å². The molecule has 0 saturated carbocycles. The summed E-state index contributed by atoms with van der Waals surface area (Å²) in [6.07, 6.45) is 1.00. The van der Waals surface area contributed by atoms with Gasteiger partial charge in [-0.15, -0.1) is 0 Å². The second kappa shape index (κ2) is 4.57. The van der Waals surface area contributed by atoms with E-state index in [4.69, 9.17) is 0 Å². The molecule has 0 spiro atoms. The fourth-order valence-electron chi connectivity index (χ4n) is 0.358. The van der Waals surface area contributed by atoms with Crippen LogP contribution >= 0.6 is 15.9 Å². The molecule has 7 heavy (non-hydrogen) atoms. The third-order valence-electron chi connectivity index (χ3n) is 0.736. The lowest BCUT2D eigenvalue weighted by atomic mass is 10.2. The van der Waals surface area contributed by atoms with E-state index in [2.05, 4.69) is 15.9 Å². The van der Waals surface area contributed by atoms with Gasteiger partial charge in [0.15, 0.2) is 0 Å². The fourth-order valence-corrected chi connectivity index (χ4v) is 0.682. The van der Waals surface area contributed by atoms with E-state index in [0.717, 1.165) is 11.8 Å². The normalized spacial score (nSPS) is 14.1. The average Bonchev–Trinajstić information content (AvgIpc) is 1.61. The first-order valence-electron chi connectivity index (χ1n) is 2.47. The Bertz CT molecular complexity index is 37.1. The van der Waals surface area contributed by atoms with Gasteiger partial charge in [0.25, 0.3) is 0 Å². The van der Waals surface area contributed by atoms with Crippen LogP contribution in [0.4, 0.5) is 4.39 Å². The Kier molecular flexibility index (Phi) is 4.83. The maximum atomic E-state index is 11.9. The second-order valence-corrected chi connectivity index (χ2v) is 2.40. The van der Waals surface area contributed by atoms with Crippen molar-refractivity contribution in [3.05, 3.63) is 0 Å². The fraction of sp³-hybridized carbons (Fsp3) is 1.00. The first-order valence-corrected chi connectivity index (χ1v) is 3.59. The Hall–Kier alpha value is 0.410. The van der Waals surface area contributed by atoms with Crippen molar-refractivity contribution in [3.63, 3.8) is 0 Å². The molecule has 0 aliphatic heterocycles. The maximum absolute atomic E-state index is 11.9. The van der Waals surface area contributed by atoms with Crippen LogP contribution in [0.2, 0.25) is 0 Å². The maximum Gasteiger partial charge on any atom is 0.0973 e. The summed E-state index contributed by atoms with van der Waals surface area (Å²) in [7, 11) is 0. The summed E-state index contributed by atoms with van der Waals surface area (Å²) in [6, 6.07) is 0. The number of alkyl halides is 2. The van der Waals surface area contributed by atoms with Gasteiger partial charge in [0.05, 0.1) is 6.17 Å². The van der Waals surface area contributed by atoms with Crippen LogP contribution in [0.3, 0.4) is 0 Å². The molecule has 1 unspecified atom stereocenters. The van der Waals surface area contributed by atoms with Crippen molar-refractivity contribution in [1.82, 2.24) is 0 Å². The van der Waals surface area contributed by atoms with Gasteiger partial charge in [-0.3, -0.25) is 0 Å². The lowest BCUT2D eigenvalue weighted by molar-refractivity contribution is 0.340. The number of halogens is 2. The molecule has 0 heterocycles. The molecule has 0 aliphatic rings. The smallest absolute Gasteiger partial charge is 0.0973 e. The van der Waals surface area contributed by atoms with Gasteiger partial charge in [-0.25, -0.2) is 4.39 Å². The van der Waals surface area contributed by atoms with E-state index in [1.54, 1.807) is 6.92 Å². The van der Waals surface area contributed by atoms with Crippen LogP contribution in [0.5, 0.6) is 0 Å². The van der Waals surface area contributed by atoms with Crippen LogP contribution in [-0.4, -0.2) is 11.5 Å². The largest absolute Gasteiger partial charge is 0.248 e. The van der Waals surface area contributed by atoms with Gasteiger partial charge in [0, 0.05) is 5.33 Å². The van der Waals surface area contributed by atoms with Crippen LogP contribution in [0.1, 0.15) is 19.8 Å². The zero-order valence-electron chi connectivity index (χ0n) is 4.45. The lowest BCUT2D eigenvalue weighted by Gasteiger charge is -1.94. The molecule has 0 aromatic carbocycles. The Morgan fingerprint density at radius 2 is 2.29 bits per heavy atom. The van der Waals surface area contributed by atoms with E-state index in [1.165, 1.54) is 0 Å². The molecule has 0 radical (unpaired) electrons. The number of rotatable bonds is 3. The molecule has 0 aromatic rings. The third-order valence-corrected chi connectivity index (χ3v) is 1.30. The summed E-state index contributed by atoms with van der Waals surface area (Å²) >= 11 is 3.21. The summed E-state index contributed by atoms with van der Waals surface area (Å²) in [5.41, 5.74) is 0. The van der Waals surface area contributed by atoms with Gasteiger partial charge in [-0.05, 0) is 19.8 Å². The van der Waals surface area contributed by atoms with Crippen molar-refractivity contribution in [2.24, 2.45) is 0 Å². The minimum atomic E-state index is -0.627. The highest BCUT2D eigenvalue weighted by Gasteiger charge is 1.93. The van der Waals surface area contributed by atoms with E-state index < -0.39 is 6.17 Å². The lowest BCUT2D eigenvalue weighted by Crippen LogP contribution is -1.90. The molecule has 0 rings (SSSR count). The third kappa shape index (κ3) is 6.41. The van der Waals surface area contributed by atoms with Gasteiger partial charge in [-0.1, -0.05) is 15.9 Å². The molecular weight excluding hydrogens is 159 g/mol. The topological polar surface area (TPSA) is 0 Å². The number of hydrogen-bond donors (Lipinski definition) is 0. The zero-order chi connectivity index (χ0) is 5.70. The van der Waals surface area contributed by atoms with Gasteiger partial charge < -0.3 is 0 Å². The van der Waals surface area contributed by atoms with E-state index in [0.29, 0.717) is 6.42 Å². The molecule has 0 nitrogen and oxygen atoms in total. The summed E-state index contributed by atoms with van der Waals surface area (Å²) in [5, 5.41) is 0.918. The molecule has 0 aliphatic carbocycles. The monoisotopic (exact) mass is 168 g/mol. The highest BCUT2D eigenvalue weighted by atomic mass is 79.9. The predicted molar refractivity (Wildman–Crippen MR) is 33.6 cm³/mol. The highest BCUT2D eigenvalue weighted by Crippen LogP contribution is 2.01. The van der Waals surface area contributed by atoms with Crippen LogP contribution in [0.15, 0.2) is 0 Å². The van der Waals surface area contributed by atoms with Crippen molar-refractivity contribution in [2.45, 2.75) is 25.9 Å². The SMILES string of the molecule is CC(F)CCCBr. The van der Waals surface area contributed by atoms with Crippen molar-refractivity contribution >= 4 is 15.9 Å². The van der Waals surface area contributed by atoms with Crippen LogP contribution in [-0.2, 0) is 0 Å². The van der Waals surface area contributed by atoms with Crippen LogP contribution < -0.4 is 0 Å². The molecule has 0 amide bonds. The summed E-state index contributed by atoms with van der Waals surface area (Å²) < 4.78 is 11.9. The molecule has 2 heteroatoms. The highest BCUT2D eigenvalue weighted by molar-refractivity contribution is 9.09. The quantitative estimate of drug-likeness (QED) is 0.569. The molecule has 0 fully saturated rings. The Morgan fingerprint density at radius 3 is 2.43 bits per heavy atom. The Labute approximate surface area is 52.2 Å². The molecule has 1 atom stereocenters. The standard InChI is InChI=1S/C5H10BrF/c1-5(7)3-2-4-6/h5H,2-4H2,1H3. The second-order valence-electron chi connectivity index (χ2n) is 1.61. The van der Waals surface area contributed by atoms with Crippen molar-refractivity contribution in [2.75, 3.05) is 5.33 Å². The van der Waals surface area contributed by atoms with E-state index >= 15 is 0 Å². The summed E-state index contributed by atoms with van der Waals surface area (Å²) in [4.78, 5) is 0. The van der Waals surface area contributed by atoms with Gasteiger partial charge >= 0.3 is 0 Å². The average molecular weight is 169 g/mol. The molecule has 0 N–H and O–H groups in total. The first kappa shape index (κ1) is 7.41. The minimum absolute atomic E-state index is 0.627. The van der Waals surface area contributed by atoms with Crippen molar-refractivity contribution in [3.8, 4) is 0 Å². The van der Waals surface area contributed by atoms with E-state index in [-0.39, 0.29) is 0 Å². The minimum Gasteiger partial charge on any atom is -0.248 e. The molecule has 0 bridgehead atoms. The van der Waals surface area contributed by atoms with Crippen LogP contribution in [0, 0.1) is 0 Å². The van der Waals surface area contributed by atoms with E-state index in [9.17, 15) is 4.39 Å². The molecule has 44 valence electrons. The van der Waals surface area contributed by atoms with E-state index in [1.807, 2.05) is 0 Å². The van der Waals surface area contributed by atoms with Gasteiger partial charge in [0.2, 0.25) is 0 Å². The zero-order valence-corrected chi connectivity index (χ0v) is 6.04. The van der Waals surface area contributed by atoms with Gasteiger partial charge in [0.1, 0.15) is 0 Å². The molecule has 0 aromatic heterocycles. The Balaban J connectivity index is 2.68. The van der Waals surface area contributed by atoms with Crippen molar-refractivity contribution in [1.29, 1.82) is 0 Å². The van der Waals surface area contributed by atoms with Gasteiger partial charge in [-0.2, -0.15) is 0 Å². The molecule has 0 saturated heterocycles. The Morgan fingerprint density at radius 1 is 1.71 bits per heavy atom. The summed E-state index contributed by atoms with van der Waals surface area (Å²) in [5.74, 6) is 0. The molecular formula is C5H10BrF. The first-order chi connectivity index (χ1) is 3.27. The number of hydrogen-bond acceptors (Lipinski definition) is 0. The summed E-state index contributed by atoms with van der Waals surface area (Å²) in [6.45, 7) is 1.59. The van der Waals surface area contributed by atoms with Crippen molar-refractivity contribution < 1.29 is 4.39 Å².